The second-order valence-corrected chi connectivity index (χ2v) is 3.30. The maximum absolute atomic E-state index is 10.5. The van der Waals surface area contributed by atoms with Crippen LogP contribution in [-0.4, -0.2) is 15.8 Å². The van der Waals surface area contributed by atoms with E-state index in [9.17, 15) is 4.79 Å². The molecule has 3 nitrogen and oxygen atoms in total. The maximum atomic E-state index is 10.5. The highest BCUT2D eigenvalue weighted by molar-refractivity contribution is 5.76. The third kappa shape index (κ3) is 1.81. The molecule has 0 aliphatic heterocycles. The third-order valence-electron chi connectivity index (χ3n) is 2.40. The van der Waals surface area contributed by atoms with Crippen molar-refractivity contribution in [2.45, 2.75) is 13.5 Å². The number of imidazole rings is 1. The molecule has 0 bridgehead atoms. The van der Waals surface area contributed by atoms with Crippen LogP contribution in [0.2, 0.25) is 0 Å². The van der Waals surface area contributed by atoms with Gasteiger partial charge >= 0.3 is 0 Å². The first kappa shape index (κ1) is 9.65. The molecular formula is C12H12N2O. The molecule has 0 fully saturated rings. The van der Waals surface area contributed by atoms with Gasteiger partial charge in [-0.05, 0) is 12.5 Å². The number of benzene rings is 1. The fourth-order valence-corrected chi connectivity index (χ4v) is 1.55. The molecule has 0 amide bonds. The normalized spacial score (nSPS) is 10.2. The summed E-state index contributed by atoms with van der Waals surface area (Å²) < 4.78 is 2.07. The highest BCUT2D eigenvalue weighted by Gasteiger charge is 2.02. The molecule has 2 aromatic rings. The van der Waals surface area contributed by atoms with E-state index >= 15 is 0 Å². The van der Waals surface area contributed by atoms with Crippen LogP contribution in [0.15, 0.2) is 36.8 Å². The fraction of sp³-hybridized carbons (Fsp3) is 0.167. The van der Waals surface area contributed by atoms with Crippen LogP contribution in [0.4, 0.5) is 0 Å². The first-order chi connectivity index (χ1) is 7.35. The Bertz CT molecular complexity index is 457. The van der Waals surface area contributed by atoms with Crippen molar-refractivity contribution < 1.29 is 4.79 Å². The van der Waals surface area contributed by atoms with E-state index in [0.29, 0.717) is 5.56 Å². The molecule has 0 atom stereocenters. The van der Waals surface area contributed by atoms with Gasteiger partial charge in [0.1, 0.15) is 6.29 Å². The summed E-state index contributed by atoms with van der Waals surface area (Å²) in [5.74, 6) is 0. The molecule has 1 heterocycles. The van der Waals surface area contributed by atoms with E-state index in [1.54, 1.807) is 0 Å². The van der Waals surface area contributed by atoms with Gasteiger partial charge in [-0.3, -0.25) is 4.79 Å². The van der Waals surface area contributed by atoms with Crippen LogP contribution in [0, 0.1) is 0 Å². The van der Waals surface area contributed by atoms with Crippen molar-refractivity contribution in [3.8, 4) is 11.3 Å². The van der Waals surface area contributed by atoms with E-state index in [1.165, 1.54) is 0 Å². The van der Waals surface area contributed by atoms with Crippen molar-refractivity contribution in [2.75, 3.05) is 0 Å². The second kappa shape index (κ2) is 4.09. The lowest BCUT2D eigenvalue weighted by atomic mass is 10.1. The summed E-state index contributed by atoms with van der Waals surface area (Å²) in [7, 11) is 0. The van der Waals surface area contributed by atoms with Gasteiger partial charge in [0.05, 0.1) is 18.2 Å². The van der Waals surface area contributed by atoms with Gasteiger partial charge in [-0.1, -0.05) is 24.3 Å². The van der Waals surface area contributed by atoms with E-state index in [-0.39, 0.29) is 0 Å². The number of carbonyl (C=O) groups is 1. The highest BCUT2D eigenvalue weighted by Crippen LogP contribution is 2.18. The summed E-state index contributed by atoms with van der Waals surface area (Å²) in [6.45, 7) is 2.97. The van der Waals surface area contributed by atoms with Crippen LogP contribution in [0.3, 0.4) is 0 Å². The molecule has 76 valence electrons. The zero-order valence-electron chi connectivity index (χ0n) is 8.55. The van der Waals surface area contributed by atoms with Gasteiger partial charge in [0.25, 0.3) is 0 Å². The minimum atomic E-state index is 0.696. The summed E-state index contributed by atoms with van der Waals surface area (Å²) in [6.07, 6.45) is 4.49. The Morgan fingerprint density at radius 3 is 2.67 bits per heavy atom. The number of aromatic nitrogens is 2. The lowest BCUT2D eigenvalue weighted by Gasteiger charge is -2.04. The predicted molar refractivity (Wildman–Crippen MR) is 58.7 cm³/mol. The van der Waals surface area contributed by atoms with Gasteiger partial charge in [-0.2, -0.15) is 0 Å². The summed E-state index contributed by atoms with van der Waals surface area (Å²) >= 11 is 0. The van der Waals surface area contributed by atoms with E-state index in [1.807, 2.05) is 36.8 Å². The standard InChI is InChI=1S/C12H12N2O/c1-2-14-9-13-7-12(14)11-5-3-10(8-15)4-6-11/h3-9H,2H2,1H3. The van der Waals surface area contributed by atoms with Crippen LogP contribution in [0.1, 0.15) is 17.3 Å². The molecule has 0 aliphatic rings. The molecular weight excluding hydrogens is 188 g/mol. The number of aryl methyl sites for hydroxylation is 1. The van der Waals surface area contributed by atoms with Crippen molar-refractivity contribution in [3.63, 3.8) is 0 Å². The van der Waals surface area contributed by atoms with Crippen LogP contribution in [-0.2, 0) is 6.54 Å². The maximum Gasteiger partial charge on any atom is 0.150 e. The first-order valence-corrected chi connectivity index (χ1v) is 4.91. The van der Waals surface area contributed by atoms with Gasteiger partial charge in [-0.25, -0.2) is 4.98 Å². The van der Waals surface area contributed by atoms with Gasteiger partial charge in [0, 0.05) is 12.1 Å². The number of hydrogen-bond donors (Lipinski definition) is 0. The molecule has 0 N–H and O–H groups in total. The topological polar surface area (TPSA) is 34.9 Å². The van der Waals surface area contributed by atoms with Gasteiger partial charge in [0.15, 0.2) is 0 Å². The number of hydrogen-bond acceptors (Lipinski definition) is 2. The number of aldehydes is 1. The van der Waals surface area contributed by atoms with Crippen molar-refractivity contribution in [3.05, 3.63) is 42.4 Å². The van der Waals surface area contributed by atoms with Crippen molar-refractivity contribution >= 4 is 6.29 Å². The molecule has 0 aliphatic carbocycles. The molecule has 0 saturated heterocycles. The Morgan fingerprint density at radius 1 is 1.33 bits per heavy atom. The lowest BCUT2D eigenvalue weighted by molar-refractivity contribution is 0.112. The zero-order valence-corrected chi connectivity index (χ0v) is 8.55. The monoisotopic (exact) mass is 200 g/mol. The highest BCUT2D eigenvalue weighted by atomic mass is 16.1. The lowest BCUT2D eigenvalue weighted by Crippen LogP contribution is -1.94. The van der Waals surface area contributed by atoms with Gasteiger partial charge in [0.2, 0.25) is 0 Å². The Kier molecular flexibility index (Phi) is 2.63. The zero-order chi connectivity index (χ0) is 10.7. The smallest absolute Gasteiger partial charge is 0.150 e. The molecule has 3 heteroatoms. The van der Waals surface area contributed by atoms with Crippen molar-refractivity contribution in [1.82, 2.24) is 9.55 Å². The van der Waals surface area contributed by atoms with Gasteiger partial charge in [-0.15, -0.1) is 0 Å². The van der Waals surface area contributed by atoms with E-state index in [4.69, 9.17) is 0 Å². The molecule has 2 rings (SSSR count). The van der Waals surface area contributed by atoms with E-state index in [0.717, 1.165) is 24.1 Å². The average molecular weight is 200 g/mol. The minimum absolute atomic E-state index is 0.696. The SMILES string of the molecule is CCn1cncc1-c1ccc(C=O)cc1. The van der Waals surface area contributed by atoms with Crippen molar-refractivity contribution in [1.29, 1.82) is 0 Å². The van der Waals surface area contributed by atoms with E-state index in [2.05, 4.69) is 16.5 Å². The summed E-state index contributed by atoms with van der Waals surface area (Å²) in [4.78, 5) is 14.6. The first-order valence-electron chi connectivity index (χ1n) is 4.91. The van der Waals surface area contributed by atoms with Crippen molar-refractivity contribution in [2.24, 2.45) is 0 Å². The number of rotatable bonds is 3. The molecule has 0 radical (unpaired) electrons. The summed E-state index contributed by atoms with van der Waals surface area (Å²) in [5.41, 5.74) is 2.86. The molecule has 1 aromatic carbocycles. The largest absolute Gasteiger partial charge is 0.331 e. The third-order valence-corrected chi connectivity index (χ3v) is 2.40. The van der Waals surface area contributed by atoms with Crippen LogP contribution in [0.5, 0.6) is 0 Å². The predicted octanol–water partition coefficient (Wildman–Crippen LogP) is 2.38. The van der Waals surface area contributed by atoms with Crippen LogP contribution < -0.4 is 0 Å². The Hall–Kier alpha value is -1.90. The average Bonchev–Trinajstić information content (AvgIpc) is 2.77. The molecule has 0 saturated carbocycles. The van der Waals surface area contributed by atoms with Crippen LogP contribution in [0.25, 0.3) is 11.3 Å². The molecule has 15 heavy (non-hydrogen) atoms. The molecule has 1 aromatic heterocycles. The second-order valence-electron chi connectivity index (χ2n) is 3.30. The summed E-state index contributed by atoms with van der Waals surface area (Å²) in [5, 5.41) is 0. The summed E-state index contributed by atoms with van der Waals surface area (Å²) in [6, 6.07) is 7.50. The minimum Gasteiger partial charge on any atom is -0.331 e. The Morgan fingerprint density at radius 2 is 2.07 bits per heavy atom. The molecule has 0 unspecified atom stereocenters. The number of nitrogens with zero attached hydrogens (tertiary/aromatic N) is 2. The fourth-order valence-electron chi connectivity index (χ4n) is 1.55. The quantitative estimate of drug-likeness (QED) is 0.713. The number of carbonyl (C=O) groups excluding carboxylic acids is 1. The Balaban J connectivity index is 2.41. The Labute approximate surface area is 88.4 Å². The van der Waals surface area contributed by atoms with Crippen LogP contribution >= 0.6 is 0 Å². The molecule has 0 spiro atoms. The van der Waals surface area contributed by atoms with Gasteiger partial charge < -0.3 is 4.57 Å². The van der Waals surface area contributed by atoms with E-state index < -0.39 is 0 Å².